The highest BCUT2D eigenvalue weighted by atomic mass is 35.5. The zero-order chi connectivity index (χ0) is 11.5. The van der Waals surface area contributed by atoms with Crippen LogP contribution in [-0.4, -0.2) is 4.98 Å². The number of aryl methyl sites for hydroxylation is 1. The lowest BCUT2D eigenvalue weighted by Gasteiger charge is -2.08. The summed E-state index contributed by atoms with van der Waals surface area (Å²) in [5.41, 5.74) is 3.05. The van der Waals surface area contributed by atoms with E-state index in [0.717, 1.165) is 16.8 Å². The van der Waals surface area contributed by atoms with Gasteiger partial charge in [0.1, 0.15) is 5.82 Å². The summed E-state index contributed by atoms with van der Waals surface area (Å²) >= 11 is 5.81. The maximum atomic E-state index is 13.8. The Labute approximate surface area is 98.9 Å². The molecule has 3 heteroatoms. The molecule has 16 heavy (non-hydrogen) atoms. The Morgan fingerprint density at radius 2 is 2.12 bits per heavy atom. The number of hydrogen-bond acceptors (Lipinski definition) is 1. The van der Waals surface area contributed by atoms with Crippen molar-refractivity contribution in [1.29, 1.82) is 0 Å². The molecule has 0 saturated carbocycles. The van der Waals surface area contributed by atoms with Crippen LogP contribution in [0.15, 0.2) is 36.5 Å². The molecule has 0 saturated heterocycles. The van der Waals surface area contributed by atoms with Crippen molar-refractivity contribution >= 4 is 11.6 Å². The normalized spacial score (nSPS) is 10.4. The molecule has 1 aromatic heterocycles. The van der Waals surface area contributed by atoms with E-state index in [1.54, 1.807) is 18.3 Å². The standard InChI is InChI=1S/C13H11ClFN/c1-9-7-10(5-6-16-9)13-11(8-14)3-2-4-12(13)15/h2-7H,8H2,1H3. The van der Waals surface area contributed by atoms with Gasteiger partial charge in [-0.1, -0.05) is 12.1 Å². The van der Waals surface area contributed by atoms with Crippen molar-refractivity contribution in [2.75, 3.05) is 0 Å². The molecule has 1 heterocycles. The van der Waals surface area contributed by atoms with Crippen molar-refractivity contribution in [3.05, 3.63) is 53.6 Å². The number of halogens is 2. The van der Waals surface area contributed by atoms with Crippen LogP contribution in [0.3, 0.4) is 0 Å². The fourth-order valence-electron chi connectivity index (χ4n) is 1.70. The monoisotopic (exact) mass is 235 g/mol. The minimum atomic E-state index is -0.247. The van der Waals surface area contributed by atoms with E-state index in [4.69, 9.17) is 11.6 Å². The van der Waals surface area contributed by atoms with Crippen LogP contribution in [0.4, 0.5) is 4.39 Å². The van der Waals surface area contributed by atoms with E-state index in [-0.39, 0.29) is 5.82 Å². The Morgan fingerprint density at radius 3 is 2.81 bits per heavy atom. The maximum absolute atomic E-state index is 13.8. The molecule has 0 unspecified atom stereocenters. The minimum Gasteiger partial charge on any atom is -0.262 e. The lowest BCUT2D eigenvalue weighted by atomic mass is 10.0. The molecule has 0 amide bonds. The summed E-state index contributed by atoms with van der Waals surface area (Å²) in [5.74, 6) is 0.0535. The minimum absolute atomic E-state index is 0.247. The number of hydrogen-bond donors (Lipinski definition) is 0. The molecule has 0 aliphatic rings. The van der Waals surface area contributed by atoms with Gasteiger partial charge in [-0.25, -0.2) is 4.39 Å². The second-order valence-electron chi connectivity index (χ2n) is 3.59. The van der Waals surface area contributed by atoms with E-state index in [9.17, 15) is 4.39 Å². The average Bonchev–Trinajstić information content (AvgIpc) is 2.28. The number of benzene rings is 1. The summed E-state index contributed by atoms with van der Waals surface area (Å²) in [6, 6.07) is 8.60. The van der Waals surface area contributed by atoms with E-state index < -0.39 is 0 Å². The Hall–Kier alpha value is -1.41. The van der Waals surface area contributed by atoms with Crippen LogP contribution < -0.4 is 0 Å². The Morgan fingerprint density at radius 1 is 1.31 bits per heavy atom. The lowest BCUT2D eigenvalue weighted by molar-refractivity contribution is 0.630. The van der Waals surface area contributed by atoms with Crippen LogP contribution in [0.25, 0.3) is 11.1 Å². The molecular formula is C13H11ClFN. The molecule has 0 bridgehead atoms. The third-order valence-electron chi connectivity index (χ3n) is 2.43. The summed E-state index contributed by atoms with van der Waals surface area (Å²) in [6.45, 7) is 1.88. The molecule has 1 nitrogen and oxygen atoms in total. The van der Waals surface area contributed by atoms with Crippen LogP contribution in [0, 0.1) is 12.7 Å². The quantitative estimate of drug-likeness (QED) is 0.719. The molecule has 2 aromatic rings. The maximum Gasteiger partial charge on any atom is 0.131 e. The summed E-state index contributed by atoms with van der Waals surface area (Å²) < 4.78 is 13.8. The van der Waals surface area contributed by atoms with Gasteiger partial charge in [-0.05, 0) is 36.2 Å². The predicted octanol–water partition coefficient (Wildman–Crippen LogP) is 3.93. The molecule has 0 aliphatic carbocycles. The van der Waals surface area contributed by atoms with Crippen LogP contribution in [0.5, 0.6) is 0 Å². The van der Waals surface area contributed by atoms with E-state index in [0.29, 0.717) is 11.4 Å². The molecule has 0 fully saturated rings. The van der Waals surface area contributed by atoms with E-state index in [1.165, 1.54) is 6.07 Å². The molecular weight excluding hydrogens is 225 g/mol. The van der Waals surface area contributed by atoms with Gasteiger partial charge < -0.3 is 0 Å². The second kappa shape index (κ2) is 4.62. The first-order valence-electron chi connectivity index (χ1n) is 4.98. The van der Waals surface area contributed by atoms with Gasteiger partial charge in [-0.2, -0.15) is 0 Å². The van der Waals surface area contributed by atoms with Crippen molar-refractivity contribution in [2.24, 2.45) is 0 Å². The van der Waals surface area contributed by atoms with Crippen molar-refractivity contribution in [2.45, 2.75) is 12.8 Å². The summed E-state index contributed by atoms with van der Waals surface area (Å²) in [6.07, 6.45) is 1.68. The molecule has 82 valence electrons. The molecule has 0 N–H and O–H groups in total. The molecule has 0 spiro atoms. The first-order chi connectivity index (χ1) is 7.72. The third-order valence-corrected chi connectivity index (χ3v) is 2.72. The first-order valence-corrected chi connectivity index (χ1v) is 5.52. The molecule has 0 radical (unpaired) electrons. The van der Waals surface area contributed by atoms with Gasteiger partial charge in [0.25, 0.3) is 0 Å². The SMILES string of the molecule is Cc1cc(-c2c(F)cccc2CCl)ccn1. The molecule has 2 rings (SSSR count). The van der Waals surface area contributed by atoms with Gasteiger partial charge in [0.05, 0.1) is 0 Å². The largest absolute Gasteiger partial charge is 0.262 e. The van der Waals surface area contributed by atoms with Crippen LogP contribution >= 0.6 is 11.6 Å². The number of nitrogens with zero attached hydrogens (tertiary/aromatic N) is 1. The van der Waals surface area contributed by atoms with Crippen molar-refractivity contribution in [3.63, 3.8) is 0 Å². The van der Waals surface area contributed by atoms with Crippen molar-refractivity contribution in [3.8, 4) is 11.1 Å². The fraction of sp³-hybridized carbons (Fsp3) is 0.154. The Balaban J connectivity index is 2.63. The zero-order valence-corrected chi connectivity index (χ0v) is 9.63. The fourth-order valence-corrected chi connectivity index (χ4v) is 1.93. The van der Waals surface area contributed by atoms with E-state index in [1.807, 2.05) is 19.1 Å². The van der Waals surface area contributed by atoms with Gasteiger partial charge in [-0.15, -0.1) is 11.6 Å². The van der Waals surface area contributed by atoms with Gasteiger partial charge in [0, 0.05) is 23.3 Å². The highest BCUT2D eigenvalue weighted by Gasteiger charge is 2.10. The average molecular weight is 236 g/mol. The summed E-state index contributed by atoms with van der Waals surface area (Å²) in [5, 5.41) is 0. The van der Waals surface area contributed by atoms with Gasteiger partial charge in [0.15, 0.2) is 0 Å². The highest BCUT2D eigenvalue weighted by molar-refractivity contribution is 6.17. The molecule has 0 atom stereocenters. The number of aromatic nitrogens is 1. The van der Waals surface area contributed by atoms with E-state index in [2.05, 4.69) is 4.98 Å². The molecule has 0 aliphatic heterocycles. The third kappa shape index (κ3) is 2.07. The Bertz CT molecular complexity index is 511. The van der Waals surface area contributed by atoms with Gasteiger partial charge in [0.2, 0.25) is 0 Å². The second-order valence-corrected chi connectivity index (χ2v) is 3.86. The first kappa shape index (κ1) is 11.1. The highest BCUT2D eigenvalue weighted by Crippen LogP contribution is 2.28. The van der Waals surface area contributed by atoms with Crippen LogP contribution in [0.2, 0.25) is 0 Å². The number of rotatable bonds is 2. The molecule has 1 aromatic carbocycles. The number of pyridine rings is 1. The summed E-state index contributed by atoms with van der Waals surface area (Å²) in [4.78, 5) is 4.10. The van der Waals surface area contributed by atoms with Crippen molar-refractivity contribution in [1.82, 2.24) is 4.98 Å². The van der Waals surface area contributed by atoms with Crippen LogP contribution in [0.1, 0.15) is 11.3 Å². The van der Waals surface area contributed by atoms with Crippen molar-refractivity contribution < 1.29 is 4.39 Å². The topological polar surface area (TPSA) is 12.9 Å². The van der Waals surface area contributed by atoms with Crippen LogP contribution in [-0.2, 0) is 5.88 Å². The zero-order valence-electron chi connectivity index (χ0n) is 8.87. The summed E-state index contributed by atoms with van der Waals surface area (Å²) in [7, 11) is 0. The van der Waals surface area contributed by atoms with E-state index >= 15 is 0 Å². The van der Waals surface area contributed by atoms with Gasteiger partial charge in [-0.3, -0.25) is 4.98 Å². The predicted molar refractivity (Wildman–Crippen MR) is 63.9 cm³/mol. The number of alkyl halides is 1. The van der Waals surface area contributed by atoms with Gasteiger partial charge >= 0.3 is 0 Å². The Kier molecular flexibility index (Phi) is 3.20. The lowest BCUT2D eigenvalue weighted by Crippen LogP contribution is -1.92. The smallest absolute Gasteiger partial charge is 0.131 e.